The lowest BCUT2D eigenvalue weighted by Gasteiger charge is -2.27. The first-order chi connectivity index (χ1) is 17.1. The van der Waals surface area contributed by atoms with E-state index < -0.39 is 0 Å². The Morgan fingerprint density at radius 1 is 1.06 bits per heavy atom. The van der Waals surface area contributed by atoms with Crippen LogP contribution in [0.5, 0.6) is 0 Å². The lowest BCUT2D eigenvalue weighted by atomic mass is 10.3. The highest BCUT2D eigenvalue weighted by Gasteiger charge is 2.23. The first kappa shape index (κ1) is 23.1. The van der Waals surface area contributed by atoms with Crippen LogP contribution >= 0.6 is 11.8 Å². The van der Waals surface area contributed by atoms with E-state index in [0.717, 1.165) is 11.4 Å². The van der Waals surface area contributed by atoms with Crippen LogP contribution in [-0.2, 0) is 9.53 Å². The molecule has 1 N–H and O–H groups in total. The minimum atomic E-state index is -0.359. The normalized spacial score (nSPS) is 13.7. The summed E-state index contributed by atoms with van der Waals surface area (Å²) in [6.45, 7) is 4.34. The van der Waals surface area contributed by atoms with Gasteiger partial charge < -0.3 is 15.0 Å². The molecule has 0 unspecified atom stereocenters. The van der Waals surface area contributed by atoms with E-state index in [-0.39, 0.29) is 17.5 Å². The van der Waals surface area contributed by atoms with Gasteiger partial charge in [0, 0.05) is 19.2 Å². The number of halogens is 1. The van der Waals surface area contributed by atoms with Crippen molar-refractivity contribution in [3.05, 3.63) is 72.2 Å². The number of carbonyl (C=O) groups excluding carboxylic acids is 1. The molecule has 2 aromatic carbocycles. The standard InChI is InChI=1S/C24H24FN7O2S/c1-17-14-21(32(29-17)19-7-3-2-4-8-19)26-22(33)16-35-24-28-27-23(30-10-12-34-13-11-30)31(24)20-9-5-6-18(25)15-20/h2-9,14-15H,10-13,16H2,1H3,(H,26,33). The molecule has 0 radical (unpaired) electrons. The van der Waals surface area contributed by atoms with Gasteiger partial charge in [-0.3, -0.25) is 9.36 Å². The molecular formula is C24H24FN7O2S. The van der Waals surface area contributed by atoms with E-state index in [2.05, 4.69) is 20.6 Å². The number of nitrogens with one attached hydrogen (secondary N) is 1. The summed E-state index contributed by atoms with van der Waals surface area (Å²) in [5.74, 6) is 0.700. The summed E-state index contributed by atoms with van der Waals surface area (Å²) in [6.07, 6.45) is 0. The molecule has 4 aromatic rings. The second kappa shape index (κ2) is 10.3. The Kier molecular flexibility index (Phi) is 6.77. The van der Waals surface area contributed by atoms with Gasteiger partial charge in [-0.1, -0.05) is 36.0 Å². The number of hydrogen-bond donors (Lipinski definition) is 1. The van der Waals surface area contributed by atoms with Gasteiger partial charge in [0.2, 0.25) is 11.9 Å². The lowest BCUT2D eigenvalue weighted by molar-refractivity contribution is -0.113. The Bertz CT molecular complexity index is 1320. The molecule has 5 rings (SSSR count). The van der Waals surface area contributed by atoms with Crippen molar-refractivity contribution >= 4 is 29.4 Å². The molecule has 0 saturated carbocycles. The number of thioether (sulfide) groups is 1. The Labute approximate surface area is 205 Å². The Morgan fingerprint density at radius 3 is 2.60 bits per heavy atom. The summed E-state index contributed by atoms with van der Waals surface area (Å²) < 4.78 is 23.0. The van der Waals surface area contributed by atoms with Gasteiger partial charge in [0.15, 0.2) is 5.16 Å². The van der Waals surface area contributed by atoms with Crippen LogP contribution in [0.25, 0.3) is 11.4 Å². The molecule has 3 heterocycles. The third-order valence-corrected chi connectivity index (χ3v) is 6.34. The maximum atomic E-state index is 14.0. The van der Waals surface area contributed by atoms with Gasteiger partial charge >= 0.3 is 0 Å². The lowest BCUT2D eigenvalue weighted by Crippen LogP contribution is -2.37. The Morgan fingerprint density at radius 2 is 1.83 bits per heavy atom. The molecule has 1 saturated heterocycles. The third-order valence-electron chi connectivity index (χ3n) is 5.41. The maximum absolute atomic E-state index is 14.0. The Balaban J connectivity index is 1.36. The van der Waals surface area contributed by atoms with Gasteiger partial charge in [-0.2, -0.15) is 5.10 Å². The quantitative estimate of drug-likeness (QED) is 0.394. The van der Waals surface area contributed by atoms with Crippen molar-refractivity contribution in [1.82, 2.24) is 24.5 Å². The van der Waals surface area contributed by atoms with Crippen LogP contribution < -0.4 is 10.2 Å². The van der Waals surface area contributed by atoms with Crippen LogP contribution in [0.3, 0.4) is 0 Å². The highest BCUT2D eigenvalue weighted by atomic mass is 32.2. The fraction of sp³-hybridized carbons (Fsp3) is 0.250. The highest BCUT2D eigenvalue weighted by Crippen LogP contribution is 2.28. The van der Waals surface area contributed by atoms with Crippen LogP contribution in [0.15, 0.2) is 65.8 Å². The SMILES string of the molecule is Cc1cc(NC(=O)CSc2nnc(N3CCOCC3)n2-c2cccc(F)c2)n(-c2ccccc2)n1. The number of morpholine rings is 1. The summed E-state index contributed by atoms with van der Waals surface area (Å²) in [5.41, 5.74) is 2.24. The number of carbonyl (C=O) groups is 1. The molecule has 1 amide bonds. The number of nitrogens with zero attached hydrogens (tertiary/aromatic N) is 6. The monoisotopic (exact) mass is 493 g/mol. The fourth-order valence-corrected chi connectivity index (χ4v) is 4.58. The molecule has 2 aromatic heterocycles. The summed E-state index contributed by atoms with van der Waals surface area (Å²) in [4.78, 5) is 14.9. The number of benzene rings is 2. The second-order valence-corrected chi connectivity index (χ2v) is 8.89. The molecule has 1 fully saturated rings. The van der Waals surface area contributed by atoms with E-state index in [0.29, 0.717) is 48.9 Å². The van der Waals surface area contributed by atoms with E-state index in [1.54, 1.807) is 21.4 Å². The van der Waals surface area contributed by atoms with Gasteiger partial charge in [-0.15, -0.1) is 10.2 Å². The number of aryl methyl sites for hydroxylation is 1. The summed E-state index contributed by atoms with van der Waals surface area (Å²) in [5, 5.41) is 16.6. The van der Waals surface area contributed by atoms with Crippen molar-refractivity contribution in [3.8, 4) is 11.4 Å². The average Bonchev–Trinajstić information content (AvgIpc) is 3.47. The molecule has 0 bridgehead atoms. The van der Waals surface area contributed by atoms with Crippen LogP contribution in [0.1, 0.15) is 5.69 Å². The van der Waals surface area contributed by atoms with Gasteiger partial charge in [0.05, 0.1) is 36.0 Å². The summed E-state index contributed by atoms with van der Waals surface area (Å²) >= 11 is 1.24. The van der Waals surface area contributed by atoms with Crippen LogP contribution in [-0.4, -0.2) is 62.5 Å². The molecule has 1 aliphatic heterocycles. The van der Waals surface area contributed by atoms with E-state index in [1.807, 2.05) is 48.2 Å². The van der Waals surface area contributed by atoms with Crippen molar-refractivity contribution in [2.75, 3.05) is 42.3 Å². The average molecular weight is 494 g/mol. The first-order valence-corrected chi connectivity index (χ1v) is 12.2. The zero-order valence-corrected chi connectivity index (χ0v) is 19.9. The zero-order chi connectivity index (χ0) is 24.2. The van der Waals surface area contributed by atoms with Crippen molar-refractivity contribution in [3.63, 3.8) is 0 Å². The second-order valence-electron chi connectivity index (χ2n) is 7.95. The fourth-order valence-electron chi connectivity index (χ4n) is 3.83. The van der Waals surface area contributed by atoms with Gasteiger partial charge in [0.25, 0.3) is 0 Å². The molecule has 9 nitrogen and oxygen atoms in total. The van der Waals surface area contributed by atoms with Crippen molar-refractivity contribution in [1.29, 1.82) is 0 Å². The number of amides is 1. The van der Waals surface area contributed by atoms with E-state index in [9.17, 15) is 9.18 Å². The molecule has 0 atom stereocenters. The number of para-hydroxylation sites is 1. The topological polar surface area (TPSA) is 90.1 Å². The molecule has 180 valence electrons. The van der Waals surface area contributed by atoms with E-state index in [4.69, 9.17) is 4.74 Å². The number of ether oxygens (including phenoxy) is 1. The summed E-state index contributed by atoms with van der Waals surface area (Å²) in [7, 11) is 0. The van der Waals surface area contributed by atoms with Gasteiger partial charge in [-0.05, 0) is 37.3 Å². The van der Waals surface area contributed by atoms with Crippen molar-refractivity contribution in [2.45, 2.75) is 12.1 Å². The molecule has 35 heavy (non-hydrogen) atoms. The predicted molar refractivity (Wildman–Crippen MR) is 132 cm³/mol. The van der Waals surface area contributed by atoms with Crippen LogP contribution in [0.2, 0.25) is 0 Å². The molecule has 0 spiro atoms. The number of hydrogen-bond acceptors (Lipinski definition) is 7. The highest BCUT2D eigenvalue weighted by molar-refractivity contribution is 7.99. The third kappa shape index (κ3) is 5.20. The number of anilines is 2. The predicted octanol–water partition coefficient (Wildman–Crippen LogP) is 3.47. The Hall–Kier alpha value is -3.70. The van der Waals surface area contributed by atoms with Crippen LogP contribution in [0.4, 0.5) is 16.2 Å². The van der Waals surface area contributed by atoms with E-state index >= 15 is 0 Å². The van der Waals surface area contributed by atoms with Crippen LogP contribution in [0, 0.1) is 12.7 Å². The van der Waals surface area contributed by atoms with Gasteiger partial charge in [-0.25, -0.2) is 9.07 Å². The smallest absolute Gasteiger partial charge is 0.236 e. The maximum Gasteiger partial charge on any atom is 0.236 e. The number of rotatable bonds is 7. The van der Waals surface area contributed by atoms with Crippen molar-refractivity contribution < 1.29 is 13.9 Å². The molecular weight excluding hydrogens is 469 g/mol. The van der Waals surface area contributed by atoms with E-state index in [1.165, 1.54) is 23.9 Å². The zero-order valence-electron chi connectivity index (χ0n) is 19.1. The molecule has 0 aliphatic carbocycles. The molecule has 11 heteroatoms. The largest absolute Gasteiger partial charge is 0.378 e. The van der Waals surface area contributed by atoms with Gasteiger partial charge in [0.1, 0.15) is 11.6 Å². The minimum Gasteiger partial charge on any atom is -0.378 e. The first-order valence-electron chi connectivity index (χ1n) is 11.2. The number of aromatic nitrogens is 5. The minimum absolute atomic E-state index is 0.0928. The van der Waals surface area contributed by atoms with Crippen molar-refractivity contribution in [2.24, 2.45) is 0 Å². The molecule has 1 aliphatic rings. The summed E-state index contributed by atoms with van der Waals surface area (Å²) in [6, 6.07) is 17.7.